The molecule has 1 atom stereocenters. The SMILES string of the molecule is CC[C@@H](c1nnc(SCC(=O)N(C(C)C)C(C)C)n1Cc1ccccc1)[NH+](C)C. The number of nitrogens with one attached hydrogen (secondary N) is 1. The number of nitrogens with zero attached hydrogens (tertiary/aromatic N) is 4. The predicted molar refractivity (Wildman–Crippen MR) is 119 cm³/mol. The van der Waals surface area contributed by atoms with Gasteiger partial charge in [0.15, 0.2) is 11.0 Å². The van der Waals surface area contributed by atoms with Crippen molar-refractivity contribution in [2.45, 2.75) is 70.9 Å². The van der Waals surface area contributed by atoms with Crippen LogP contribution in [-0.2, 0) is 11.3 Å². The largest absolute Gasteiger partial charge is 0.337 e. The molecule has 160 valence electrons. The number of thioether (sulfide) groups is 1. The van der Waals surface area contributed by atoms with Crippen molar-refractivity contribution in [2.75, 3.05) is 19.8 Å². The van der Waals surface area contributed by atoms with E-state index in [1.54, 1.807) is 0 Å². The zero-order valence-electron chi connectivity index (χ0n) is 18.8. The van der Waals surface area contributed by atoms with Crippen LogP contribution in [0.3, 0.4) is 0 Å². The summed E-state index contributed by atoms with van der Waals surface area (Å²) in [5.74, 6) is 1.49. The minimum absolute atomic E-state index is 0.140. The molecule has 1 N–H and O–H groups in total. The second kappa shape index (κ2) is 10.8. The number of amides is 1. The van der Waals surface area contributed by atoms with Gasteiger partial charge in [0.2, 0.25) is 5.91 Å². The fourth-order valence-electron chi connectivity index (χ4n) is 3.80. The van der Waals surface area contributed by atoms with E-state index in [1.807, 2.05) is 23.1 Å². The molecule has 0 bridgehead atoms. The summed E-state index contributed by atoms with van der Waals surface area (Å²) < 4.78 is 2.18. The average molecular weight is 419 g/mol. The third-order valence-electron chi connectivity index (χ3n) is 5.07. The second-order valence-corrected chi connectivity index (χ2v) is 9.17. The summed E-state index contributed by atoms with van der Waals surface area (Å²) in [4.78, 5) is 16.1. The van der Waals surface area contributed by atoms with Crippen LogP contribution in [-0.4, -0.2) is 57.5 Å². The molecule has 6 nitrogen and oxygen atoms in total. The zero-order valence-corrected chi connectivity index (χ0v) is 19.7. The lowest BCUT2D eigenvalue weighted by atomic mass is 10.2. The molecular weight excluding hydrogens is 382 g/mol. The molecule has 0 aliphatic heterocycles. The van der Waals surface area contributed by atoms with E-state index in [9.17, 15) is 4.79 Å². The lowest BCUT2D eigenvalue weighted by molar-refractivity contribution is -0.893. The van der Waals surface area contributed by atoms with E-state index in [0.29, 0.717) is 12.3 Å². The maximum Gasteiger partial charge on any atom is 0.233 e. The quantitative estimate of drug-likeness (QED) is 0.603. The summed E-state index contributed by atoms with van der Waals surface area (Å²) in [5, 5.41) is 9.83. The van der Waals surface area contributed by atoms with Crippen molar-refractivity contribution in [1.29, 1.82) is 0 Å². The van der Waals surface area contributed by atoms with Crippen molar-refractivity contribution in [3.05, 3.63) is 41.7 Å². The predicted octanol–water partition coefficient (Wildman–Crippen LogP) is 2.66. The van der Waals surface area contributed by atoms with Crippen LogP contribution in [0.2, 0.25) is 0 Å². The van der Waals surface area contributed by atoms with Gasteiger partial charge in [-0.05, 0) is 33.3 Å². The van der Waals surface area contributed by atoms with Crippen molar-refractivity contribution in [2.24, 2.45) is 0 Å². The molecule has 29 heavy (non-hydrogen) atoms. The monoisotopic (exact) mass is 418 g/mol. The first-order chi connectivity index (χ1) is 13.8. The lowest BCUT2D eigenvalue weighted by Crippen LogP contribution is -3.06. The molecule has 0 radical (unpaired) electrons. The Morgan fingerprint density at radius 1 is 1.10 bits per heavy atom. The topological polar surface area (TPSA) is 55.5 Å². The molecule has 2 aromatic rings. The van der Waals surface area contributed by atoms with E-state index in [4.69, 9.17) is 0 Å². The first-order valence-corrected chi connectivity index (χ1v) is 11.5. The van der Waals surface area contributed by atoms with Gasteiger partial charge < -0.3 is 9.80 Å². The molecule has 0 saturated carbocycles. The molecule has 0 saturated heterocycles. The highest BCUT2D eigenvalue weighted by Gasteiger charge is 2.26. The number of carbonyl (C=O) groups excluding carboxylic acids is 1. The number of quaternary nitrogens is 1. The molecule has 0 spiro atoms. The Balaban J connectivity index is 2.29. The maximum atomic E-state index is 12.8. The summed E-state index contributed by atoms with van der Waals surface area (Å²) in [7, 11) is 4.30. The minimum atomic E-state index is 0.140. The molecular formula is C22H36N5OS+. The number of hydrogen-bond acceptors (Lipinski definition) is 4. The summed E-state index contributed by atoms with van der Waals surface area (Å²) in [6.45, 7) is 11.1. The molecule has 0 unspecified atom stereocenters. The van der Waals surface area contributed by atoms with Gasteiger partial charge in [0.05, 0.1) is 26.4 Å². The van der Waals surface area contributed by atoms with E-state index in [1.165, 1.54) is 22.2 Å². The number of hydrogen-bond donors (Lipinski definition) is 1. The Morgan fingerprint density at radius 3 is 2.24 bits per heavy atom. The van der Waals surface area contributed by atoms with E-state index in [2.05, 4.69) is 75.6 Å². The van der Waals surface area contributed by atoms with Gasteiger partial charge in [-0.1, -0.05) is 49.0 Å². The third-order valence-corrected chi connectivity index (χ3v) is 6.02. The van der Waals surface area contributed by atoms with Gasteiger partial charge in [0.25, 0.3) is 0 Å². The fraction of sp³-hybridized carbons (Fsp3) is 0.591. The summed E-state index contributed by atoms with van der Waals surface area (Å²) in [6, 6.07) is 11.0. The van der Waals surface area contributed by atoms with Crippen LogP contribution in [0.5, 0.6) is 0 Å². The van der Waals surface area contributed by atoms with Crippen molar-refractivity contribution in [3.8, 4) is 0 Å². The molecule has 7 heteroatoms. The first kappa shape index (κ1) is 23.4. The van der Waals surface area contributed by atoms with E-state index in [-0.39, 0.29) is 24.0 Å². The van der Waals surface area contributed by atoms with E-state index in [0.717, 1.165) is 17.4 Å². The van der Waals surface area contributed by atoms with Gasteiger partial charge in [-0.15, -0.1) is 10.2 Å². The van der Waals surface area contributed by atoms with Gasteiger partial charge in [-0.2, -0.15) is 0 Å². The molecule has 1 amide bonds. The molecule has 0 fully saturated rings. The van der Waals surface area contributed by atoms with Crippen molar-refractivity contribution < 1.29 is 9.69 Å². The Bertz CT molecular complexity index is 765. The van der Waals surface area contributed by atoms with Crippen molar-refractivity contribution in [1.82, 2.24) is 19.7 Å². The van der Waals surface area contributed by atoms with Crippen LogP contribution < -0.4 is 4.90 Å². The van der Waals surface area contributed by atoms with Crippen LogP contribution in [0, 0.1) is 0 Å². The highest BCUT2D eigenvalue weighted by Crippen LogP contribution is 2.23. The van der Waals surface area contributed by atoms with Gasteiger partial charge in [-0.25, -0.2) is 0 Å². The summed E-state index contributed by atoms with van der Waals surface area (Å²) in [5.41, 5.74) is 1.20. The normalized spacial score (nSPS) is 12.8. The van der Waals surface area contributed by atoms with E-state index < -0.39 is 0 Å². The number of rotatable bonds is 10. The highest BCUT2D eigenvalue weighted by atomic mass is 32.2. The van der Waals surface area contributed by atoms with Gasteiger partial charge in [0.1, 0.15) is 6.04 Å². The number of benzene rings is 1. The zero-order chi connectivity index (χ0) is 21.6. The minimum Gasteiger partial charge on any atom is -0.337 e. The van der Waals surface area contributed by atoms with E-state index >= 15 is 0 Å². The molecule has 1 aromatic heterocycles. The number of aromatic nitrogens is 3. The summed E-state index contributed by atoms with van der Waals surface area (Å²) in [6.07, 6.45) is 0.979. The van der Waals surface area contributed by atoms with Crippen molar-refractivity contribution >= 4 is 17.7 Å². The van der Waals surface area contributed by atoms with Crippen molar-refractivity contribution in [3.63, 3.8) is 0 Å². The maximum absolute atomic E-state index is 12.8. The Morgan fingerprint density at radius 2 is 1.72 bits per heavy atom. The Labute approximate surface area is 179 Å². The smallest absolute Gasteiger partial charge is 0.233 e. The van der Waals surface area contributed by atoms with Crippen LogP contribution in [0.25, 0.3) is 0 Å². The van der Waals surface area contributed by atoms with Crippen LogP contribution in [0.15, 0.2) is 35.5 Å². The van der Waals surface area contributed by atoms with Gasteiger partial charge in [0, 0.05) is 18.5 Å². The van der Waals surface area contributed by atoms with Crippen LogP contribution in [0.4, 0.5) is 0 Å². The van der Waals surface area contributed by atoms with Gasteiger partial charge in [-0.3, -0.25) is 9.36 Å². The van der Waals surface area contributed by atoms with Gasteiger partial charge >= 0.3 is 0 Å². The molecule has 1 aromatic carbocycles. The third kappa shape index (κ3) is 6.06. The Hall–Kier alpha value is -1.86. The van der Waals surface area contributed by atoms with Crippen LogP contribution >= 0.6 is 11.8 Å². The Kier molecular flexibility index (Phi) is 8.71. The molecule has 0 aliphatic carbocycles. The fourth-order valence-corrected chi connectivity index (χ4v) is 4.62. The standard InChI is InChI=1S/C22H35N5OS/c1-8-19(25(6)7)21-23-24-22(26(21)14-18-12-10-9-11-13-18)29-15-20(28)27(16(2)3)17(4)5/h9-13,16-17,19H,8,14-15H2,1-7H3/p+1/t19-/m0/s1. The highest BCUT2D eigenvalue weighted by molar-refractivity contribution is 7.99. The average Bonchev–Trinajstić information content (AvgIpc) is 3.03. The van der Waals surface area contributed by atoms with Crippen LogP contribution in [0.1, 0.15) is 58.5 Å². The second-order valence-electron chi connectivity index (χ2n) is 8.23. The molecule has 1 heterocycles. The molecule has 0 aliphatic rings. The number of carbonyl (C=O) groups is 1. The first-order valence-electron chi connectivity index (χ1n) is 10.5. The lowest BCUT2D eigenvalue weighted by Gasteiger charge is -2.30. The summed E-state index contributed by atoms with van der Waals surface area (Å²) >= 11 is 1.49. The molecule has 2 rings (SSSR count).